The maximum Gasteiger partial charge on any atom is 0.109 e. The van der Waals surface area contributed by atoms with Gasteiger partial charge in [-0.2, -0.15) is 0 Å². The summed E-state index contributed by atoms with van der Waals surface area (Å²) in [5.41, 5.74) is 8.67. The van der Waals surface area contributed by atoms with E-state index in [4.69, 9.17) is 19.9 Å². The van der Waals surface area contributed by atoms with E-state index in [0.29, 0.717) is 0 Å². The summed E-state index contributed by atoms with van der Waals surface area (Å²) in [6.07, 6.45) is 23.1. The highest BCUT2D eigenvalue weighted by molar-refractivity contribution is 7.31. The molecule has 0 radical (unpaired) electrons. The third kappa shape index (κ3) is 9.84. The van der Waals surface area contributed by atoms with Crippen molar-refractivity contribution in [3.63, 3.8) is 0 Å². The molecule has 55 heavy (non-hydrogen) atoms. The van der Waals surface area contributed by atoms with Crippen molar-refractivity contribution in [2.75, 3.05) is 0 Å². The minimum Gasteiger partial charge on any atom is -0.248 e. The first-order chi connectivity index (χ1) is 27.1. The van der Waals surface area contributed by atoms with Crippen molar-refractivity contribution >= 4 is 78.8 Å². The average Bonchev–Trinajstić information content (AvgIpc) is 4.04. The van der Waals surface area contributed by atoms with Crippen LogP contribution in [-0.4, -0.2) is 19.9 Å². The zero-order valence-electron chi connectivity index (χ0n) is 33.2. The topological polar surface area (TPSA) is 51.6 Å². The molecular weight excluding hydrogens is 769 g/mol. The summed E-state index contributed by atoms with van der Waals surface area (Å²) in [6, 6.07) is 13.3. The van der Waals surface area contributed by atoms with Gasteiger partial charge >= 0.3 is 0 Å². The van der Waals surface area contributed by atoms with Gasteiger partial charge in [-0.25, -0.2) is 19.9 Å². The van der Waals surface area contributed by atoms with E-state index < -0.39 is 0 Å². The number of aryl methyl sites for hydroxylation is 4. The summed E-state index contributed by atoms with van der Waals surface area (Å²) in [7, 11) is 0. The van der Waals surface area contributed by atoms with E-state index in [1.54, 1.807) is 22.7 Å². The Morgan fingerprint density at radius 2 is 0.764 bits per heavy atom. The molecule has 290 valence electrons. The molecule has 7 rings (SSSR count). The summed E-state index contributed by atoms with van der Waals surface area (Å²) >= 11 is 9.15. The Hall–Kier alpha value is -2.82. The molecule has 0 amide bonds. The lowest BCUT2D eigenvalue weighted by Gasteiger charge is -2.07. The van der Waals surface area contributed by atoms with Gasteiger partial charge in [-0.1, -0.05) is 116 Å². The fourth-order valence-electron chi connectivity index (χ4n) is 7.53. The summed E-state index contributed by atoms with van der Waals surface area (Å²) in [4.78, 5) is 31.4. The van der Waals surface area contributed by atoms with Gasteiger partial charge in [0.1, 0.15) is 22.1 Å². The van der Waals surface area contributed by atoms with Crippen LogP contribution in [0, 0.1) is 13.8 Å². The Labute approximate surface area is 348 Å². The molecule has 7 heterocycles. The van der Waals surface area contributed by atoms with Gasteiger partial charge in [0, 0.05) is 19.5 Å². The van der Waals surface area contributed by atoms with Gasteiger partial charge in [0.05, 0.1) is 42.3 Å². The van der Waals surface area contributed by atoms with Crippen LogP contribution in [0.3, 0.4) is 0 Å². The zero-order chi connectivity index (χ0) is 38.0. The van der Waals surface area contributed by atoms with Gasteiger partial charge in [-0.15, -0.1) is 56.7 Å². The first-order valence-corrected chi connectivity index (χ1v) is 25.0. The average molecular weight is 825 g/mol. The van der Waals surface area contributed by atoms with Crippen molar-refractivity contribution in [2.45, 2.75) is 143 Å². The molecular formula is C46H56N4S5. The molecule has 0 aliphatic rings. The van der Waals surface area contributed by atoms with Crippen molar-refractivity contribution < 1.29 is 0 Å². The van der Waals surface area contributed by atoms with Crippen LogP contribution in [0.15, 0.2) is 47.2 Å². The number of hydrogen-bond acceptors (Lipinski definition) is 9. The lowest BCUT2D eigenvalue weighted by Crippen LogP contribution is -1.99. The Morgan fingerprint density at radius 3 is 1.15 bits per heavy atom. The summed E-state index contributed by atoms with van der Waals surface area (Å²) < 4.78 is 0. The number of thiophene rings is 5. The fourth-order valence-corrected chi connectivity index (χ4v) is 12.8. The number of aromatic nitrogens is 4. The summed E-state index contributed by atoms with van der Waals surface area (Å²) in [5.74, 6) is 0. The largest absolute Gasteiger partial charge is 0.248 e. The molecule has 7 aromatic heterocycles. The third-order valence-electron chi connectivity index (χ3n) is 10.7. The number of nitrogens with zero attached hydrogens (tertiary/aromatic N) is 4. The number of fused-ring (bicyclic) bond motifs is 2. The van der Waals surface area contributed by atoms with E-state index in [1.165, 1.54) is 142 Å². The highest BCUT2D eigenvalue weighted by Gasteiger charge is 2.24. The maximum atomic E-state index is 5.42. The lowest BCUT2D eigenvalue weighted by molar-refractivity contribution is 0.573. The Bertz CT molecular complexity index is 2240. The van der Waals surface area contributed by atoms with Crippen molar-refractivity contribution in [1.82, 2.24) is 19.9 Å². The minimum absolute atomic E-state index is 0.995. The first-order valence-electron chi connectivity index (χ1n) is 20.8. The molecule has 4 nitrogen and oxygen atoms in total. The molecule has 0 atom stereocenters. The summed E-state index contributed by atoms with van der Waals surface area (Å²) in [5, 5.41) is 4.34. The fraction of sp³-hybridized carbons (Fsp3) is 0.478. The molecule has 0 saturated heterocycles. The van der Waals surface area contributed by atoms with E-state index in [9.17, 15) is 0 Å². The quantitative estimate of drug-likeness (QED) is 0.0639. The van der Waals surface area contributed by atoms with E-state index in [1.807, 2.05) is 34.0 Å². The van der Waals surface area contributed by atoms with E-state index in [0.717, 1.165) is 57.7 Å². The third-order valence-corrected chi connectivity index (χ3v) is 16.6. The standard InChI is InChI=1S/C46H56N4S5/c1-5-7-9-11-13-15-17-19-23-33-32(4)48-40-41(49-33)44(36-26-22-30-52-36)55-45(40)37-27-28-38(53-37)46-42-39(43(54-46)35-25-21-29-51-35)47-31(3)34(50-42)24-20-18-16-14-12-10-8-6-2/h21-22,25-30H,5-20,23-24H2,1-4H3. The van der Waals surface area contributed by atoms with Crippen LogP contribution in [0.2, 0.25) is 0 Å². The van der Waals surface area contributed by atoms with Gasteiger partial charge < -0.3 is 0 Å². The van der Waals surface area contributed by atoms with Gasteiger partial charge in [0.2, 0.25) is 0 Å². The number of hydrogen-bond donors (Lipinski definition) is 0. The van der Waals surface area contributed by atoms with Crippen molar-refractivity contribution in [3.05, 3.63) is 69.9 Å². The van der Waals surface area contributed by atoms with Crippen LogP contribution in [0.4, 0.5) is 0 Å². The van der Waals surface area contributed by atoms with Crippen LogP contribution in [0.5, 0.6) is 0 Å². The molecule has 0 saturated carbocycles. The zero-order valence-corrected chi connectivity index (χ0v) is 37.3. The number of rotatable bonds is 22. The summed E-state index contributed by atoms with van der Waals surface area (Å²) in [6.45, 7) is 8.89. The van der Waals surface area contributed by atoms with Crippen molar-refractivity contribution in [3.8, 4) is 39.0 Å². The predicted molar refractivity (Wildman–Crippen MR) is 246 cm³/mol. The van der Waals surface area contributed by atoms with Crippen molar-refractivity contribution in [2.24, 2.45) is 0 Å². The lowest BCUT2D eigenvalue weighted by atomic mass is 10.1. The van der Waals surface area contributed by atoms with Gasteiger partial charge in [-0.05, 0) is 74.6 Å². The van der Waals surface area contributed by atoms with Crippen LogP contribution in [0.1, 0.15) is 139 Å². The highest BCUT2D eigenvalue weighted by atomic mass is 32.1. The second-order valence-corrected chi connectivity index (χ2v) is 20.0. The monoisotopic (exact) mass is 824 g/mol. The minimum atomic E-state index is 0.995. The van der Waals surface area contributed by atoms with Crippen LogP contribution >= 0.6 is 56.7 Å². The normalized spacial score (nSPS) is 11.9. The van der Waals surface area contributed by atoms with Gasteiger partial charge in [0.25, 0.3) is 0 Å². The van der Waals surface area contributed by atoms with Crippen molar-refractivity contribution in [1.29, 1.82) is 0 Å². The Morgan fingerprint density at radius 1 is 0.400 bits per heavy atom. The SMILES string of the molecule is CCCCCCCCCCc1nc2c(-c3cccs3)sc(-c3ccc(-c4sc(-c5cccs5)c5nc(C)c(CCCCCCCCCC)nc45)s3)c2nc1C. The van der Waals surface area contributed by atoms with E-state index >= 15 is 0 Å². The molecule has 0 fully saturated rings. The molecule has 0 aliphatic heterocycles. The van der Waals surface area contributed by atoms with Crippen LogP contribution in [-0.2, 0) is 12.8 Å². The van der Waals surface area contributed by atoms with E-state index in [2.05, 4.69) is 74.9 Å². The molecule has 0 unspecified atom stereocenters. The van der Waals surface area contributed by atoms with Gasteiger partial charge in [0.15, 0.2) is 0 Å². The maximum absolute atomic E-state index is 5.42. The second-order valence-electron chi connectivity index (χ2n) is 15.0. The Kier molecular flexibility index (Phi) is 14.7. The predicted octanol–water partition coefficient (Wildman–Crippen LogP) is 16.5. The smallest absolute Gasteiger partial charge is 0.109 e. The van der Waals surface area contributed by atoms with Gasteiger partial charge in [-0.3, -0.25) is 0 Å². The first kappa shape index (κ1) is 40.4. The Balaban J connectivity index is 1.16. The molecule has 0 aliphatic carbocycles. The molecule has 0 N–H and O–H groups in total. The molecule has 0 aromatic carbocycles. The number of unbranched alkanes of at least 4 members (excludes halogenated alkanes) is 14. The molecule has 0 spiro atoms. The second kappa shape index (κ2) is 20.0. The molecule has 0 bridgehead atoms. The van der Waals surface area contributed by atoms with Crippen LogP contribution < -0.4 is 0 Å². The van der Waals surface area contributed by atoms with E-state index in [-0.39, 0.29) is 0 Å². The molecule has 7 aromatic rings. The molecule has 9 heteroatoms. The highest BCUT2D eigenvalue weighted by Crippen LogP contribution is 2.50. The van der Waals surface area contributed by atoms with Crippen LogP contribution in [0.25, 0.3) is 61.1 Å².